The molecular weight excluding hydrogens is 360 g/mol. The van der Waals surface area contributed by atoms with Gasteiger partial charge in [-0.15, -0.1) is 0 Å². The number of rotatable bonds is 4. The van der Waals surface area contributed by atoms with E-state index in [0.29, 0.717) is 0 Å². The lowest BCUT2D eigenvalue weighted by atomic mass is 10.0. The summed E-state index contributed by atoms with van der Waals surface area (Å²) >= 11 is 1.68. The van der Waals surface area contributed by atoms with E-state index in [9.17, 15) is 0 Å². The zero-order chi connectivity index (χ0) is 18.8. The van der Waals surface area contributed by atoms with Gasteiger partial charge in [-0.05, 0) is 35.4 Å². The minimum atomic E-state index is 0.976. The van der Waals surface area contributed by atoms with Gasteiger partial charge < -0.3 is 0 Å². The second-order valence-corrected chi connectivity index (χ2v) is 7.60. The van der Waals surface area contributed by atoms with Gasteiger partial charge in [-0.25, -0.2) is 4.98 Å². The Morgan fingerprint density at radius 2 is 1.18 bits per heavy atom. The normalized spacial score (nSPS) is 11.0. The monoisotopic (exact) mass is 378 g/mol. The van der Waals surface area contributed by atoms with Crippen LogP contribution < -0.4 is 0 Å². The van der Waals surface area contributed by atoms with Gasteiger partial charge in [0.15, 0.2) is 5.16 Å². The summed E-state index contributed by atoms with van der Waals surface area (Å²) in [6, 6.07) is 35.7. The molecule has 0 saturated heterocycles. The fraction of sp³-hybridized carbons (Fsp3) is 0. The Labute approximate surface area is 168 Å². The Morgan fingerprint density at radius 3 is 1.93 bits per heavy atom. The van der Waals surface area contributed by atoms with Crippen molar-refractivity contribution in [1.29, 1.82) is 0 Å². The van der Waals surface area contributed by atoms with Crippen molar-refractivity contribution in [2.75, 3.05) is 0 Å². The van der Waals surface area contributed by atoms with Crippen molar-refractivity contribution >= 4 is 17.3 Å². The van der Waals surface area contributed by atoms with Crippen LogP contribution in [-0.2, 0) is 0 Å². The Hall–Kier alpha value is -3.30. The lowest BCUT2D eigenvalue weighted by Gasteiger charge is -2.03. The fourth-order valence-electron chi connectivity index (χ4n) is 3.34. The molecule has 0 N–H and O–H groups in total. The first kappa shape index (κ1) is 16.8. The predicted octanol–water partition coefficient (Wildman–Crippen LogP) is 6.82. The number of fused-ring (bicyclic) bond motifs is 1. The van der Waals surface area contributed by atoms with Gasteiger partial charge in [0, 0.05) is 16.7 Å². The third-order valence-electron chi connectivity index (χ3n) is 4.73. The van der Waals surface area contributed by atoms with Crippen LogP contribution in [0.1, 0.15) is 0 Å². The molecule has 0 aliphatic rings. The van der Waals surface area contributed by atoms with Crippen LogP contribution in [0.5, 0.6) is 0 Å². The van der Waals surface area contributed by atoms with Crippen molar-refractivity contribution < 1.29 is 0 Å². The van der Waals surface area contributed by atoms with E-state index in [2.05, 4.69) is 95.5 Å². The van der Waals surface area contributed by atoms with Gasteiger partial charge in [0.05, 0.1) is 11.2 Å². The molecule has 0 amide bonds. The number of nitrogens with zero attached hydrogens (tertiary/aromatic N) is 2. The van der Waals surface area contributed by atoms with Crippen molar-refractivity contribution in [1.82, 2.24) is 9.38 Å². The quantitative estimate of drug-likeness (QED) is 0.341. The van der Waals surface area contributed by atoms with E-state index < -0.39 is 0 Å². The molecule has 2 aromatic heterocycles. The Balaban J connectivity index is 1.56. The van der Waals surface area contributed by atoms with E-state index >= 15 is 0 Å². The SMILES string of the molecule is c1ccc(Sc2nc(-c3ccc(-c4ccccc4)cc3)c3ccccn23)cc1. The number of hydrogen-bond acceptors (Lipinski definition) is 2. The molecular formula is C25H18N2S. The van der Waals surface area contributed by atoms with Crippen LogP contribution in [0.15, 0.2) is 119 Å². The van der Waals surface area contributed by atoms with Gasteiger partial charge in [-0.2, -0.15) is 0 Å². The molecule has 0 bridgehead atoms. The van der Waals surface area contributed by atoms with Crippen LogP contribution >= 0.6 is 11.8 Å². The zero-order valence-electron chi connectivity index (χ0n) is 15.2. The molecule has 0 saturated carbocycles. The number of imidazole rings is 1. The second-order valence-electron chi connectivity index (χ2n) is 6.56. The standard InChI is InChI=1S/C25H18N2S/c1-3-9-19(10-4-1)20-14-16-21(17-15-20)24-23-13-7-8-18-27(23)25(26-24)28-22-11-5-2-6-12-22/h1-18H. The first-order valence-electron chi connectivity index (χ1n) is 9.24. The summed E-state index contributed by atoms with van der Waals surface area (Å²) in [5.41, 5.74) is 5.70. The van der Waals surface area contributed by atoms with E-state index in [1.165, 1.54) is 16.0 Å². The molecule has 2 nitrogen and oxygen atoms in total. The average Bonchev–Trinajstić information content (AvgIpc) is 3.14. The van der Waals surface area contributed by atoms with E-state index in [0.717, 1.165) is 21.9 Å². The van der Waals surface area contributed by atoms with E-state index in [1.54, 1.807) is 11.8 Å². The lowest BCUT2D eigenvalue weighted by Crippen LogP contribution is -1.85. The maximum Gasteiger partial charge on any atom is 0.178 e. The summed E-state index contributed by atoms with van der Waals surface area (Å²) in [7, 11) is 0. The van der Waals surface area contributed by atoms with Gasteiger partial charge in [-0.1, -0.05) is 90.6 Å². The Kier molecular flexibility index (Phi) is 4.43. The first-order chi connectivity index (χ1) is 13.9. The lowest BCUT2D eigenvalue weighted by molar-refractivity contribution is 0.959. The minimum absolute atomic E-state index is 0.976. The van der Waals surface area contributed by atoms with Crippen molar-refractivity contribution in [2.24, 2.45) is 0 Å². The summed E-state index contributed by atoms with van der Waals surface area (Å²) in [5, 5.41) is 0.976. The summed E-state index contributed by atoms with van der Waals surface area (Å²) in [6.45, 7) is 0. The highest BCUT2D eigenvalue weighted by Gasteiger charge is 2.13. The number of benzene rings is 3. The fourth-order valence-corrected chi connectivity index (χ4v) is 4.24. The van der Waals surface area contributed by atoms with Crippen molar-refractivity contribution in [3.63, 3.8) is 0 Å². The van der Waals surface area contributed by atoms with Crippen LogP contribution in [0.2, 0.25) is 0 Å². The smallest absolute Gasteiger partial charge is 0.178 e. The molecule has 28 heavy (non-hydrogen) atoms. The highest BCUT2D eigenvalue weighted by Crippen LogP contribution is 2.33. The zero-order valence-corrected chi connectivity index (χ0v) is 16.0. The van der Waals surface area contributed by atoms with Crippen LogP contribution in [0.25, 0.3) is 27.9 Å². The van der Waals surface area contributed by atoms with Crippen LogP contribution in [-0.4, -0.2) is 9.38 Å². The van der Waals surface area contributed by atoms with Gasteiger partial charge >= 0.3 is 0 Å². The summed E-state index contributed by atoms with van der Waals surface area (Å²) in [5.74, 6) is 0. The largest absolute Gasteiger partial charge is 0.294 e. The summed E-state index contributed by atoms with van der Waals surface area (Å²) in [4.78, 5) is 6.17. The number of hydrogen-bond donors (Lipinski definition) is 0. The summed E-state index contributed by atoms with van der Waals surface area (Å²) < 4.78 is 2.16. The highest BCUT2D eigenvalue weighted by atomic mass is 32.2. The molecule has 3 heteroatoms. The van der Waals surface area contributed by atoms with Gasteiger partial charge in [0.25, 0.3) is 0 Å². The maximum atomic E-state index is 4.98. The Bertz CT molecular complexity index is 1210. The third-order valence-corrected chi connectivity index (χ3v) is 5.71. The van der Waals surface area contributed by atoms with E-state index in [-0.39, 0.29) is 0 Å². The van der Waals surface area contributed by atoms with E-state index in [4.69, 9.17) is 4.98 Å². The molecule has 0 fully saturated rings. The molecule has 0 atom stereocenters. The molecule has 0 unspecified atom stereocenters. The molecule has 134 valence electrons. The molecule has 0 aliphatic heterocycles. The van der Waals surface area contributed by atoms with Gasteiger partial charge in [-0.3, -0.25) is 4.40 Å². The van der Waals surface area contributed by atoms with Crippen LogP contribution in [0.3, 0.4) is 0 Å². The van der Waals surface area contributed by atoms with Crippen LogP contribution in [0, 0.1) is 0 Å². The molecule has 0 spiro atoms. The van der Waals surface area contributed by atoms with E-state index in [1.807, 2.05) is 18.2 Å². The molecule has 0 aliphatic carbocycles. The number of pyridine rings is 1. The molecule has 5 aromatic rings. The first-order valence-corrected chi connectivity index (χ1v) is 10.1. The van der Waals surface area contributed by atoms with Gasteiger partial charge in [0.2, 0.25) is 0 Å². The Morgan fingerprint density at radius 1 is 0.571 bits per heavy atom. The topological polar surface area (TPSA) is 17.3 Å². The van der Waals surface area contributed by atoms with Crippen molar-refractivity contribution in [3.05, 3.63) is 109 Å². The molecule has 2 heterocycles. The molecule has 0 radical (unpaired) electrons. The second kappa shape index (κ2) is 7.37. The summed E-state index contributed by atoms with van der Waals surface area (Å²) in [6.07, 6.45) is 2.08. The van der Waals surface area contributed by atoms with Crippen LogP contribution in [0.4, 0.5) is 0 Å². The number of aromatic nitrogens is 2. The average molecular weight is 379 g/mol. The highest BCUT2D eigenvalue weighted by molar-refractivity contribution is 7.99. The van der Waals surface area contributed by atoms with Crippen molar-refractivity contribution in [3.8, 4) is 22.4 Å². The van der Waals surface area contributed by atoms with Gasteiger partial charge in [0.1, 0.15) is 0 Å². The predicted molar refractivity (Wildman–Crippen MR) is 117 cm³/mol. The third kappa shape index (κ3) is 3.21. The molecule has 5 rings (SSSR count). The maximum absolute atomic E-state index is 4.98. The molecule has 3 aromatic carbocycles. The van der Waals surface area contributed by atoms with Crippen molar-refractivity contribution in [2.45, 2.75) is 10.1 Å². The minimum Gasteiger partial charge on any atom is -0.294 e.